The van der Waals surface area contributed by atoms with Crippen LogP contribution in [0.3, 0.4) is 0 Å². The number of carbonyl (C=O) groups is 2. The van der Waals surface area contributed by atoms with Crippen molar-refractivity contribution in [2.45, 2.75) is 47.1 Å². The van der Waals surface area contributed by atoms with E-state index < -0.39 is 11.2 Å². The topological polar surface area (TPSA) is 75.4 Å². The van der Waals surface area contributed by atoms with Crippen molar-refractivity contribution in [2.75, 3.05) is 18.4 Å². The Balaban J connectivity index is 0.00000338. The molecule has 0 spiro atoms. The fourth-order valence-electron chi connectivity index (χ4n) is 2.80. The molecule has 1 aromatic rings. The van der Waals surface area contributed by atoms with E-state index in [1.54, 1.807) is 25.7 Å². The third kappa shape index (κ3) is 4.95. The van der Waals surface area contributed by atoms with Gasteiger partial charge in [0, 0.05) is 30.2 Å². The van der Waals surface area contributed by atoms with E-state index in [1.165, 1.54) is 18.2 Å². The lowest BCUT2D eigenvalue weighted by Crippen LogP contribution is -2.54. The number of anilines is 1. The molecule has 146 valence electrons. The second-order valence-corrected chi connectivity index (χ2v) is 8.51. The van der Waals surface area contributed by atoms with Gasteiger partial charge in [0.2, 0.25) is 5.91 Å². The Hall–Kier alpha value is -1.66. The van der Waals surface area contributed by atoms with Crippen molar-refractivity contribution in [1.29, 1.82) is 0 Å². The maximum absolute atomic E-state index is 14.2. The van der Waals surface area contributed by atoms with Gasteiger partial charge < -0.3 is 16.0 Å². The van der Waals surface area contributed by atoms with Gasteiger partial charge in [0.1, 0.15) is 5.82 Å². The summed E-state index contributed by atoms with van der Waals surface area (Å²) in [4.78, 5) is 26.5. The highest BCUT2D eigenvalue weighted by molar-refractivity contribution is 5.98. The summed E-state index contributed by atoms with van der Waals surface area (Å²) in [5.74, 6) is -1.15. The average Bonchev–Trinajstić information content (AvgIpc) is 2.50. The van der Waals surface area contributed by atoms with Gasteiger partial charge in [-0.05, 0) is 30.0 Å². The number of hydrogen-bond acceptors (Lipinski definition) is 3. The Bertz CT molecular complexity index is 686. The molecule has 2 rings (SSSR count). The highest BCUT2D eigenvalue weighted by Gasteiger charge is 2.36. The second kappa shape index (κ2) is 7.92. The van der Waals surface area contributed by atoms with Crippen LogP contribution in [0.25, 0.3) is 0 Å². The van der Waals surface area contributed by atoms with Crippen molar-refractivity contribution >= 4 is 29.9 Å². The van der Waals surface area contributed by atoms with Gasteiger partial charge in [0.05, 0.1) is 5.56 Å². The molecule has 2 amide bonds. The molecule has 26 heavy (non-hydrogen) atoms. The van der Waals surface area contributed by atoms with Crippen molar-refractivity contribution in [1.82, 2.24) is 4.90 Å². The van der Waals surface area contributed by atoms with Crippen LogP contribution in [0.5, 0.6) is 0 Å². The summed E-state index contributed by atoms with van der Waals surface area (Å²) >= 11 is 0. The van der Waals surface area contributed by atoms with Crippen LogP contribution in [-0.2, 0) is 4.79 Å². The number of benzene rings is 1. The molecule has 1 aliphatic rings. The SMILES string of the molecule is CC(C)(C)C(=O)Nc1ccc(F)c(C(=O)N2CCC(N)C(C)(C)C2)c1.Cl. The Morgan fingerprint density at radius 3 is 2.46 bits per heavy atom. The lowest BCUT2D eigenvalue weighted by atomic mass is 9.79. The first-order valence-electron chi connectivity index (χ1n) is 8.58. The van der Waals surface area contributed by atoms with Crippen molar-refractivity contribution in [3.63, 3.8) is 0 Å². The van der Waals surface area contributed by atoms with Crippen LogP contribution in [-0.4, -0.2) is 35.8 Å². The van der Waals surface area contributed by atoms with Gasteiger partial charge in [-0.3, -0.25) is 9.59 Å². The zero-order valence-electron chi connectivity index (χ0n) is 16.1. The summed E-state index contributed by atoms with van der Waals surface area (Å²) in [7, 11) is 0. The molecule has 5 nitrogen and oxygen atoms in total. The number of halogens is 2. The Labute approximate surface area is 160 Å². The Morgan fingerprint density at radius 1 is 1.31 bits per heavy atom. The molecule has 0 bridgehead atoms. The molecule has 1 aromatic carbocycles. The lowest BCUT2D eigenvalue weighted by Gasteiger charge is -2.42. The van der Waals surface area contributed by atoms with Gasteiger partial charge in [-0.2, -0.15) is 0 Å². The molecule has 0 saturated carbocycles. The molecule has 0 radical (unpaired) electrons. The van der Waals surface area contributed by atoms with Crippen LogP contribution in [0, 0.1) is 16.6 Å². The Morgan fingerprint density at radius 2 is 1.92 bits per heavy atom. The van der Waals surface area contributed by atoms with Crippen LogP contribution < -0.4 is 11.1 Å². The molecule has 1 saturated heterocycles. The highest BCUT2D eigenvalue weighted by atomic mass is 35.5. The largest absolute Gasteiger partial charge is 0.338 e. The average molecular weight is 386 g/mol. The molecule has 1 atom stereocenters. The third-order valence-electron chi connectivity index (χ3n) is 4.74. The summed E-state index contributed by atoms with van der Waals surface area (Å²) in [6.07, 6.45) is 0.681. The van der Waals surface area contributed by atoms with Gasteiger partial charge in [-0.1, -0.05) is 34.6 Å². The highest BCUT2D eigenvalue weighted by Crippen LogP contribution is 2.29. The predicted molar refractivity (Wildman–Crippen MR) is 104 cm³/mol. The van der Waals surface area contributed by atoms with E-state index in [-0.39, 0.29) is 41.2 Å². The summed E-state index contributed by atoms with van der Waals surface area (Å²) in [6, 6.07) is 4.10. The minimum Gasteiger partial charge on any atom is -0.338 e. The standard InChI is InChI=1S/C19H28FN3O2.ClH/c1-18(2,3)17(25)22-12-6-7-14(20)13(10-12)16(24)23-9-8-15(21)19(4,5)11-23;/h6-7,10,15H,8-9,11,21H2,1-5H3,(H,22,25);1H. The number of nitrogens with zero attached hydrogens (tertiary/aromatic N) is 1. The number of amides is 2. The summed E-state index contributed by atoms with van der Waals surface area (Å²) < 4.78 is 14.2. The van der Waals surface area contributed by atoms with Crippen LogP contribution in [0.2, 0.25) is 0 Å². The number of nitrogens with two attached hydrogens (primary N) is 1. The van der Waals surface area contributed by atoms with E-state index >= 15 is 0 Å². The van der Waals surface area contributed by atoms with Crippen LogP contribution in [0.1, 0.15) is 51.4 Å². The van der Waals surface area contributed by atoms with Gasteiger partial charge in [0.15, 0.2) is 0 Å². The molecule has 0 aliphatic carbocycles. The zero-order valence-corrected chi connectivity index (χ0v) is 16.9. The van der Waals surface area contributed by atoms with Crippen LogP contribution in [0.4, 0.5) is 10.1 Å². The maximum Gasteiger partial charge on any atom is 0.256 e. The van der Waals surface area contributed by atoms with Gasteiger partial charge in [-0.25, -0.2) is 4.39 Å². The molecule has 0 aromatic heterocycles. The normalized spacial score (nSPS) is 19.5. The van der Waals surface area contributed by atoms with Crippen LogP contribution >= 0.6 is 12.4 Å². The first-order valence-corrected chi connectivity index (χ1v) is 8.58. The molecule has 1 heterocycles. The summed E-state index contributed by atoms with van der Waals surface area (Å²) in [5, 5.41) is 2.73. The quantitative estimate of drug-likeness (QED) is 0.818. The number of likely N-dealkylation sites (tertiary alicyclic amines) is 1. The number of carbonyl (C=O) groups excluding carboxylic acids is 2. The first-order chi connectivity index (χ1) is 11.4. The van der Waals surface area contributed by atoms with Gasteiger partial charge in [0.25, 0.3) is 5.91 Å². The fraction of sp³-hybridized carbons (Fsp3) is 0.579. The van der Waals surface area contributed by atoms with Gasteiger partial charge in [-0.15, -0.1) is 12.4 Å². The third-order valence-corrected chi connectivity index (χ3v) is 4.74. The Kier molecular flexibility index (Phi) is 6.82. The molecule has 3 N–H and O–H groups in total. The number of piperidine rings is 1. The number of nitrogens with one attached hydrogen (secondary N) is 1. The molecule has 1 aliphatic heterocycles. The maximum atomic E-state index is 14.2. The zero-order chi connectivity index (χ0) is 19.0. The van der Waals surface area contributed by atoms with E-state index in [4.69, 9.17) is 5.73 Å². The monoisotopic (exact) mass is 385 g/mol. The van der Waals surface area contributed by atoms with Crippen molar-refractivity contribution < 1.29 is 14.0 Å². The minimum atomic E-state index is -0.591. The van der Waals surface area contributed by atoms with Crippen molar-refractivity contribution in [2.24, 2.45) is 16.6 Å². The van der Waals surface area contributed by atoms with Gasteiger partial charge >= 0.3 is 0 Å². The second-order valence-electron chi connectivity index (χ2n) is 8.51. The van der Waals surface area contributed by atoms with E-state index in [9.17, 15) is 14.0 Å². The molecular formula is C19H29ClFN3O2. The van der Waals surface area contributed by atoms with Crippen molar-refractivity contribution in [3.05, 3.63) is 29.6 Å². The lowest BCUT2D eigenvalue weighted by molar-refractivity contribution is -0.123. The van der Waals surface area contributed by atoms with Crippen molar-refractivity contribution in [3.8, 4) is 0 Å². The molecule has 1 fully saturated rings. The van der Waals surface area contributed by atoms with E-state index in [2.05, 4.69) is 5.32 Å². The predicted octanol–water partition coefficient (Wildman–Crippen LogP) is 3.43. The summed E-state index contributed by atoms with van der Waals surface area (Å²) in [6.45, 7) is 10.4. The van der Waals surface area contributed by atoms with E-state index in [0.29, 0.717) is 25.2 Å². The minimum absolute atomic E-state index is 0. The molecule has 7 heteroatoms. The van der Waals surface area contributed by atoms with E-state index in [1.807, 2.05) is 13.8 Å². The number of hydrogen-bond donors (Lipinski definition) is 2. The smallest absolute Gasteiger partial charge is 0.256 e. The molecular weight excluding hydrogens is 357 g/mol. The number of rotatable bonds is 2. The summed E-state index contributed by atoms with van der Waals surface area (Å²) in [5.41, 5.74) is 5.69. The fourth-order valence-corrected chi connectivity index (χ4v) is 2.80. The van der Waals surface area contributed by atoms with Crippen LogP contribution in [0.15, 0.2) is 18.2 Å². The van der Waals surface area contributed by atoms with E-state index in [0.717, 1.165) is 0 Å². The molecule has 1 unspecified atom stereocenters. The first kappa shape index (κ1) is 22.4.